The lowest BCUT2D eigenvalue weighted by atomic mass is 9.93. The van der Waals surface area contributed by atoms with Crippen LogP contribution in [0.15, 0.2) is 24.3 Å². The number of nitrogens with zero attached hydrogens (tertiary/aromatic N) is 1. The second-order valence-electron chi connectivity index (χ2n) is 6.58. The summed E-state index contributed by atoms with van der Waals surface area (Å²) in [4.78, 5) is 26.0. The van der Waals surface area contributed by atoms with Crippen LogP contribution in [0.5, 0.6) is 0 Å². The van der Waals surface area contributed by atoms with Crippen LogP contribution in [0.25, 0.3) is 0 Å². The van der Waals surface area contributed by atoms with Crippen LogP contribution in [-0.2, 0) is 22.6 Å². The second kappa shape index (κ2) is 4.58. The third-order valence-electron chi connectivity index (χ3n) is 5.51. The maximum Gasteiger partial charge on any atom is 0.326 e. The molecule has 2 aliphatic carbocycles. The molecular formula is C17H19NO3. The summed E-state index contributed by atoms with van der Waals surface area (Å²) in [7, 11) is 0. The zero-order valence-electron chi connectivity index (χ0n) is 11.9. The van der Waals surface area contributed by atoms with Crippen molar-refractivity contribution in [3.05, 3.63) is 35.4 Å². The molecule has 1 N–H and O–H groups in total. The van der Waals surface area contributed by atoms with Gasteiger partial charge in [0.1, 0.15) is 6.04 Å². The minimum Gasteiger partial charge on any atom is -0.480 e. The Morgan fingerprint density at radius 2 is 1.76 bits per heavy atom. The first-order valence-corrected chi connectivity index (χ1v) is 7.77. The topological polar surface area (TPSA) is 57.6 Å². The fourth-order valence-electron chi connectivity index (χ4n) is 4.35. The van der Waals surface area contributed by atoms with Crippen LogP contribution in [-0.4, -0.2) is 27.9 Å². The summed E-state index contributed by atoms with van der Waals surface area (Å²) in [6, 6.07) is 7.16. The molecule has 4 rings (SSSR count). The number of carboxylic acids is 1. The van der Waals surface area contributed by atoms with E-state index >= 15 is 0 Å². The summed E-state index contributed by atoms with van der Waals surface area (Å²) >= 11 is 0. The molecule has 1 aromatic rings. The Morgan fingerprint density at radius 3 is 2.43 bits per heavy atom. The van der Waals surface area contributed by atoms with E-state index < -0.39 is 12.0 Å². The number of carbonyl (C=O) groups excluding carboxylic acids is 1. The lowest BCUT2D eigenvalue weighted by molar-refractivity contribution is -0.152. The van der Waals surface area contributed by atoms with E-state index in [4.69, 9.17) is 0 Å². The molecule has 3 atom stereocenters. The molecule has 0 aromatic heterocycles. The van der Waals surface area contributed by atoms with E-state index in [0.29, 0.717) is 24.8 Å². The first kappa shape index (κ1) is 12.9. The molecular weight excluding hydrogens is 266 g/mol. The van der Waals surface area contributed by atoms with Crippen LogP contribution in [0.2, 0.25) is 0 Å². The van der Waals surface area contributed by atoms with Crippen LogP contribution in [0.1, 0.15) is 30.4 Å². The van der Waals surface area contributed by atoms with Crippen molar-refractivity contribution in [3.63, 3.8) is 0 Å². The highest BCUT2D eigenvalue weighted by molar-refractivity contribution is 5.88. The fraction of sp³-hybridized carbons (Fsp3) is 0.529. The molecule has 1 heterocycles. The zero-order chi connectivity index (χ0) is 14.6. The Kier molecular flexibility index (Phi) is 2.81. The maximum atomic E-state index is 12.8. The van der Waals surface area contributed by atoms with Gasteiger partial charge in [-0.05, 0) is 35.8 Å². The van der Waals surface area contributed by atoms with Crippen molar-refractivity contribution in [1.29, 1.82) is 0 Å². The maximum absolute atomic E-state index is 12.8. The first-order valence-electron chi connectivity index (χ1n) is 7.77. The molecule has 0 bridgehead atoms. The first-order chi connectivity index (χ1) is 10.2. The van der Waals surface area contributed by atoms with E-state index in [9.17, 15) is 14.7 Å². The highest BCUT2D eigenvalue weighted by Gasteiger charge is 2.58. The average Bonchev–Trinajstić information content (AvgIpc) is 2.97. The number of amides is 1. The molecule has 3 unspecified atom stereocenters. The summed E-state index contributed by atoms with van der Waals surface area (Å²) in [6.07, 6.45) is 3.94. The van der Waals surface area contributed by atoms with Gasteiger partial charge in [0.2, 0.25) is 5.91 Å². The van der Waals surface area contributed by atoms with Crippen LogP contribution in [0, 0.1) is 17.8 Å². The molecule has 0 radical (unpaired) electrons. The van der Waals surface area contributed by atoms with E-state index in [-0.39, 0.29) is 11.8 Å². The van der Waals surface area contributed by atoms with E-state index in [1.165, 1.54) is 6.42 Å². The molecule has 4 heteroatoms. The van der Waals surface area contributed by atoms with Gasteiger partial charge in [0.05, 0.1) is 0 Å². The molecule has 2 saturated carbocycles. The van der Waals surface area contributed by atoms with Gasteiger partial charge in [0.15, 0.2) is 0 Å². The molecule has 1 aliphatic heterocycles. The average molecular weight is 285 g/mol. The smallest absolute Gasteiger partial charge is 0.326 e. The highest BCUT2D eigenvalue weighted by Crippen LogP contribution is 2.58. The van der Waals surface area contributed by atoms with Crippen molar-refractivity contribution in [2.75, 3.05) is 0 Å². The normalized spacial score (nSPS) is 33.2. The Balaban J connectivity index is 1.60. The van der Waals surface area contributed by atoms with Crippen molar-refractivity contribution in [1.82, 2.24) is 4.90 Å². The quantitative estimate of drug-likeness (QED) is 0.905. The van der Waals surface area contributed by atoms with Crippen molar-refractivity contribution >= 4 is 11.9 Å². The molecule has 110 valence electrons. The SMILES string of the molecule is O=C(O)C1Cc2ccccc2CN1C(=O)C1C2CCCC21. The van der Waals surface area contributed by atoms with Gasteiger partial charge in [0, 0.05) is 18.9 Å². The van der Waals surface area contributed by atoms with Gasteiger partial charge in [-0.3, -0.25) is 4.79 Å². The van der Waals surface area contributed by atoms with E-state index in [0.717, 1.165) is 24.0 Å². The summed E-state index contributed by atoms with van der Waals surface area (Å²) in [6.45, 7) is 0.446. The Bertz CT molecular complexity index is 602. The molecule has 1 aromatic carbocycles. The minimum absolute atomic E-state index is 0.0756. The third-order valence-corrected chi connectivity index (χ3v) is 5.51. The van der Waals surface area contributed by atoms with Gasteiger partial charge >= 0.3 is 5.97 Å². The molecule has 1 amide bonds. The Morgan fingerprint density at radius 1 is 1.10 bits per heavy atom. The minimum atomic E-state index is -0.885. The van der Waals surface area contributed by atoms with Gasteiger partial charge in [-0.25, -0.2) is 4.79 Å². The van der Waals surface area contributed by atoms with Gasteiger partial charge < -0.3 is 10.0 Å². The second-order valence-corrected chi connectivity index (χ2v) is 6.58. The summed E-state index contributed by atoms with van der Waals surface area (Å²) in [5.74, 6) is 0.356. The Labute approximate surface area is 123 Å². The van der Waals surface area contributed by atoms with E-state index in [1.807, 2.05) is 24.3 Å². The van der Waals surface area contributed by atoms with Gasteiger partial charge in [0.25, 0.3) is 0 Å². The van der Waals surface area contributed by atoms with E-state index in [1.54, 1.807) is 4.90 Å². The van der Waals surface area contributed by atoms with E-state index in [2.05, 4.69) is 0 Å². The zero-order valence-corrected chi connectivity index (χ0v) is 11.9. The predicted molar refractivity (Wildman–Crippen MR) is 76.4 cm³/mol. The van der Waals surface area contributed by atoms with Crippen molar-refractivity contribution in [2.24, 2.45) is 17.8 Å². The monoisotopic (exact) mass is 285 g/mol. The van der Waals surface area contributed by atoms with Gasteiger partial charge in [-0.15, -0.1) is 0 Å². The van der Waals surface area contributed by atoms with Crippen molar-refractivity contribution in [2.45, 2.75) is 38.3 Å². The van der Waals surface area contributed by atoms with Crippen molar-refractivity contribution < 1.29 is 14.7 Å². The number of benzene rings is 1. The molecule has 2 fully saturated rings. The highest BCUT2D eigenvalue weighted by atomic mass is 16.4. The molecule has 21 heavy (non-hydrogen) atoms. The van der Waals surface area contributed by atoms with Crippen molar-refractivity contribution in [3.8, 4) is 0 Å². The van der Waals surface area contributed by atoms with Crippen LogP contribution in [0.4, 0.5) is 0 Å². The lowest BCUT2D eigenvalue weighted by Crippen LogP contribution is -2.49. The fourth-order valence-corrected chi connectivity index (χ4v) is 4.35. The Hall–Kier alpha value is -1.84. The van der Waals surface area contributed by atoms with Crippen LogP contribution >= 0.6 is 0 Å². The number of fused-ring (bicyclic) bond motifs is 2. The number of carboxylic acid groups (broad SMARTS) is 1. The summed E-state index contributed by atoms with van der Waals surface area (Å²) < 4.78 is 0. The third kappa shape index (κ3) is 1.96. The number of rotatable bonds is 2. The predicted octanol–water partition coefficient (Wildman–Crippen LogP) is 2.07. The number of hydrogen-bond acceptors (Lipinski definition) is 2. The molecule has 4 nitrogen and oxygen atoms in total. The molecule has 0 spiro atoms. The lowest BCUT2D eigenvalue weighted by Gasteiger charge is -2.35. The number of carbonyl (C=O) groups is 2. The summed E-state index contributed by atoms with van der Waals surface area (Å²) in [5.41, 5.74) is 2.15. The van der Waals surface area contributed by atoms with Gasteiger partial charge in [-0.1, -0.05) is 30.7 Å². The van der Waals surface area contributed by atoms with Crippen LogP contribution < -0.4 is 0 Å². The standard InChI is InChI=1S/C17H19NO3/c19-16(15-12-6-3-7-13(12)15)18-9-11-5-2-1-4-10(11)8-14(18)17(20)21/h1-2,4-5,12-15H,3,6-9H2,(H,20,21). The molecule has 0 saturated heterocycles. The van der Waals surface area contributed by atoms with Gasteiger partial charge in [-0.2, -0.15) is 0 Å². The largest absolute Gasteiger partial charge is 0.480 e. The molecule has 3 aliphatic rings. The number of aliphatic carboxylic acids is 1. The van der Waals surface area contributed by atoms with Crippen LogP contribution in [0.3, 0.4) is 0 Å². The number of hydrogen-bond donors (Lipinski definition) is 1. The summed E-state index contributed by atoms with van der Waals surface area (Å²) in [5, 5.41) is 9.49.